The number of carbonyl (C=O) groups is 1. The number of rotatable bonds is 2. The van der Waals surface area contributed by atoms with Crippen molar-refractivity contribution in [1.82, 2.24) is 0 Å². The van der Waals surface area contributed by atoms with Gasteiger partial charge >= 0.3 is 5.97 Å². The first-order valence-electron chi connectivity index (χ1n) is 6.30. The molecule has 0 amide bonds. The van der Waals surface area contributed by atoms with Crippen LogP contribution in [0.3, 0.4) is 0 Å². The Bertz CT molecular complexity index is 599. The zero-order chi connectivity index (χ0) is 13.2. The number of esters is 1. The Hall–Kier alpha value is -2.01. The lowest BCUT2D eigenvalue weighted by Gasteiger charge is -2.21. The summed E-state index contributed by atoms with van der Waals surface area (Å²) in [6.45, 7) is 1.19. The fourth-order valence-electron chi connectivity index (χ4n) is 2.18. The number of hydrogen-bond acceptors (Lipinski definition) is 5. The Morgan fingerprint density at radius 2 is 2.26 bits per heavy atom. The molecule has 1 aliphatic heterocycles. The van der Waals surface area contributed by atoms with Crippen molar-refractivity contribution in [1.29, 1.82) is 0 Å². The molecule has 0 aliphatic carbocycles. The molecule has 1 aromatic carbocycles. The molecular weight excluding hydrogens is 246 g/mol. The predicted molar refractivity (Wildman–Crippen MR) is 69.9 cm³/mol. The number of benzene rings is 1. The summed E-state index contributed by atoms with van der Waals surface area (Å²) in [5.74, 6) is -0.253. The molecular formula is C14H15NO4. The van der Waals surface area contributed by atoms with Crippen molar-refractivity contribution in [3.8, 4) is 0 Å². The summed E-state index contributed by atoms with van der Waals surface area (Å²) >= 11 is 0. The van der Waals surface area contributed by atoms with E-state index in [-0.39, 0.29) is 11.9 Å². The Morgan fingerprint density at radius 3 is 3.05 bits per heavy atom. The van der Waals surface area contributed by atoms with E-state index in [0.29, 0.717) is 17.9 Å². The number of anilines is 1. The molecule has 3 rings (SSSR count). The summed E-state index contributed by atoms with van der Waals surface area (Å²) in [6, 6.07) is 6.89. The maximum absolute atomic E-state index is 12.0. The van der Waals surface area contributed by atoms with Gasteiger partial charge in [-0.3, -0.25) is 0 Å². The van der Waals surface area contributed by atoms with E-state index in [2.05, 4.69) is 0 Å². The van der Waals surface area contributed by atoms with Gasteiger partial charge in [0.05, 0.1) is 6.61 Å². The maximum Gasteiger partial charge on any atom is 0.374 e. The molecule has 0 spiro atoms. The summed E-state index contributed by atoms with van der Waals surface area (Å²) < 4.78 is 16.1. The van der Waals surface area contributed by atoms with Crippen LogP contribution >= 0.6 is 0 Å². The topological polar surface area (TPSA) is 74.7 Å². The first-order chi connectivity index (χ1) is 9.22. The molecule has 100 valence electrons. The summed E-state index contributed by atoms with van der Waals surface area (Å²) in [4.78, 5) is 12.0. The van der Waals surface area contributed by atoms with E-state index in [9.17, 15) is 4.79 Å². The molecule has 1 fully saturated rings. The summed E-state index contributed by atoms with van der Waals surface area (Å²) in [7, 11) is 0. The molecule has 19 heavy (non-hydrogen) atoms. The van der Waals surface area contributed by atoms with Crippen molar-refractivity contribution >= 4 is 22.6 Å². The van der Waals surface area contributed by atoms with Gasteiger partial charge < -0.3 is 19.6 Å². The third kappa shape index (κ3) is 2.56. The smallest absolute Gasteiger partial charge is 0.374 e. The number of nitrogen functional groups attached to an aromatic ring is 1. The minimum absolute atomic E-state index is 0.181. The highest BCUT2D eigenvalue weighted by molar-refractivity contribution is 5.93. The molecule has 0 radical (unpaired) electrons. The van der Waals surface area contributed by atoms with Crippen molar-refractivity contribution in [3.05, 3.63) is 30.0 Å². The van der Waals surface area contributed by atoms with Gasteiger partial charge in [0, 0.05) is 17.7 Å². The van der Waals surface area contributed by atoms with Gasteiger partial charge in [-0.1, -0.05) is 0 Å². The number of ether oxygens (including phenoxy) is 2. The molecule has 0 bridgehead atoms. The first-order valence-corrected chi connectivity index (χ1v) is 6.30. The second-order valence-electron chi connectivity index (χ2n) is 4.65. The fourth-order valence-corrected chi connectivity index (χ4v) is 2.18. The van der Waals surface area contributed by atoms with Crippen LogP contribution in [-0.2, 0) is 9.47 Å². The molecule has 1 aliphatic rings. The molecule has 5 heteroatoms. The van der Waals surface area contributed by atoms with E-state index in [0.717, 1.165) is 24.8 Å². The third-order valence-electron chi connectivity index (χ3n) is 3.13. The second kappa shape index (κ2) is 4.93. The lowest BCUT2D eigenvalue weighted by molar-refractivity contribution is -0.0322. The van der Waals surface area contributed by atoms with Gasteiger partial charge in [-0.15, -0.1) is 0 Å². The molecule has 1 saturated heterocycles. The van der Waals surface area contributed by atoms with Gasteiger partial charge in [0.15, 0.2) is 0 Å². The van der Waals surface area contributed by atoms with Crippen LogP contribution in [0.15, 0.2) is 28.7 Å². The van der Waals surface area contributed by atoms with Crippen LogP contribution < -0.4 is 5.73 Å². The molecule has 2 heterocycles. The van der Waals surface area contributed by atoms with E-state index in [1.807, 2.05) is 0 Å². The van der Waals surface area contributed by atoms with Crippen LogP contribution in [-0.4, -0.2) is 25.3 Å². The van der Waals surface area contributed by atoms with E-state index in [1.54, 1.807) is 24.3 Å². The quantitative estimate of drug-likeness (QED) is 0.663. The maximum atomic E-state index is 12.0. The highest BCUT2D eigenvalue weighted by Crippen LogP contribution is 2.23. The first kappa shape index (κ1) is 12.0. The molecule has 5 nitrogen and oxygen atoms in total. The standard InChI is InChI=1S/C14H15NO4/c15-10-3-4-12-9(6-10)7-13(19-12)14(16)18-11-2-1-5-17-8-11/h3-4,6-7,11H,1-2,5,8,15H2. The Kier molecular flexibility index (Phi) is 3.13. The molecule has 0 saturated carbocycles. The van der Waals surface area contributed by atoms with E-state index < -0.39 is 5.97 Å². The number of furan rings is 1. The average Bonchev–Trinajstić information content (AvgIpc) is 2.83. The van der Waals surface area contributed by atoms with E-state index in [1.165, 1.54) is 0 Å². The fraction of sp³-hybridized carbons (Fsp3) is 0.357. The summed E-state index contributed by atoms with van der Waals surface area (Å²) in [5.41, 5.74) is 6.94. The van der Waals surface area contributed by atoms with Gasteiger partial charge in [0.2, 0.25) is 5.76 Å². The monoisotopic (exact) mass is 261 g/mol. The Morgan fingerprint density at radius 1 is 1.37 bits per heavy atom. The third-order valence-corrected chi connectivity index (χ3v) is 3.13. The number of carbonyl (C=O) groups excluding carboxylic acids is 1. The van der Waals surface area contributed by atoms with Crippen molar-refractivity contribution in [3.63, 3.8) is 0 Å². The Balaban J connectivity index is 1.77. The van der Waals surface area contributed by atoms with Crippen molar-refractivity contribution in [2.75, 3.05) is 18.9 Å². The van der Waals surface area contributed by atoms with Crippen molar-refractivity contribution in [2.45, 2.75) is 18.9 Å². The molecule has 1 unspecified atom stereocenters. The van der Waals surface area contributed by atoms with Gasteiger partial charge in [0.25, 0.3) is 0 Å². The van der Waals surface area contributed by atoms with Gasteiger partial charge in [0.1, 0.15) is 11.7 Å². The molecule has 2 aromatic rings. The van der Waals surface area contributed by atoms with E-state index >= 15 is 0 Å². The van der Waals surface area contributed by atoms with E-state index in [4.69, 9.17) is 19.6 Å². The minimum atomic E-state index is -0.453. The van der Waals surface area contributed by atoms with Crippen LogP contribution in [0.1, 0.15) is 23.4 Å². The van der Waals surface area contributed by atoms with Crippen molar-refractivity contribution in [2.24, 2.45) is 0 Å². The lowest BCUT2D eigenvalue weighted by Crippen LogP contribution is -2.27. The molecule has 2 N–H and O–H groups in total. The SMILES string of the molecule is Nc1ccc2oc(C(=O)OC3CCCOC3)cc2c1. The van der Waals surface area contributed by atoms with Gasteiger partial charge in [-0.25, -0.2) is 4.79 Å². The van der Waals surface area contributed by atoms with Crippen molar-refractivity contribution < 1.29 is 18.7 Å². The predicted octanol–water partition coefficient (Wildman–Crippen LogP) is 2.35. The molecule has 1 aromatic heterocycles. The summed E-state index contributed by atoms with van der Waals surface area (Å²) in [6.07, 6.45) is 1.56. The average molecular weight is 261 g/mol. The summed E-state index contributed by atoms with van der Waals surface area (Å²) in [5, 5.41) is 0.798. The largest absolute Gasteiger partial charge is 0.454 e. The van der Waals surface area contributed by atoms with Crippen LogP contribution in [0, 0.1) is 0 Å². The molecule has 1 atom stereocenters. The van der Waals surface area contributed by atoms with Crippen LogP contribution in [0.2, 0.25) is 0 Å². The number of hydrogen-bond donors (Lipinski definition) is 1. The van der Waals surface area contributed by atoms with Gasteiger partial charge in [-0.2, -0.15) is 0 Å². The minimum Gasteiger partial charge on any atom is -0.454 e. The second-order valence-corrected chi connectivity index (χ2v) is 4.65. The zero-order valence-corrected chi connectivity index (χ0v) is 10.4. The highest BCUT2D eigenvalue weighted by atomic mass is 16.6. The normalized spacial score (nSPS) is 19.5. The van der Waals surface area contributed by atoms with Crippen LogP contribution in [0.5, 0.6) is 0 Å². The lowest BCUT2D eigenvalue weighted by atomic mass is 10.2. The zero-order valence-electron chi connectivity index (χ0n) is 10.4. The van der Waals surface area contributed by atoms with Crippen LogP contribution in [0.4, 0.5) is 5.69 Å². The Labute approximate surface area is 110 Å². The van der Waals surface area contributed by atoms with Gasteiger partial charge in [-0.05, 0) is 37.1 Å². The highest BCUT2D eigenvalue weighted by Gasteiger charge is 2.21. The number of nitrogens with two attached hydrogens (primary N) is 1. The van der Waals surface area contributed by atoms with Crippen LogP contribution in [0.25, 0.3) is 11.0 Å². The number of fused-ring (bicyclic) bond motifs is 1.